The number of hydroxylamine groups is 1. The normalized spacial score (nSPS) is 12.5. The van der Waals surface area contributed by atoms with Crippen molar-refractivity contribution in [3.63, 3.8) is 0 Å². The lowest BCUT2D eigenvalue weighted by Crippen LogP contribution is -2.98. The van der Waals surface area contributed by atoms with Crippen LogP contribution in [0.3, 0.4) is 0 Å². The summed E-state index contributed by atoms with van der Waals surface area (Å²) < 4.78 is 13.2. The maximum Gasteiger partial charge on any atom is 0.338 e. The van der Waals surface area contributed by atoms with Gasteiger partial charge in [-0.25, -0.2) is 4.79 Å². The summed E-state index contributed by atoms with van der Waals surface area (Å²) in [5.74, 6) is -2.34. The highest BCUT2D eigenvalue weighted by Gasteiger charge is 2.16. The van der Waals surface area contributed by atoms with Gasteiger partial charge < -0.3 is 15.4 Å². The van der Waals surface area contributed by atoms with Crippen LogP contribution in [0.1, 0.15) is 10.4 Å². The van der Waals surface area contributed by atoms with Gasteiger partial charge in [-0.3, -0.25) is 0 Å². The Bertz CT molecular complexity index is 338. The predicted octanol–water partition coefficient (Wildman–Crippen LogP) is 0.168. The predicted molar refractivity (Wildman–Crippen MR) is 43.3 cm³/mol. The summed E-state index contributed by atoms with van der Waals surface area (Å²) in [6, 6.07) is 3.71. The van der Waals surface area contributed by atoms with E-state index in [9.17, 15) is 14.4 Å². The van der Waals surface area contributed by atoms with Crippen LogP contribution >= 0.6 is 0 Å². The van der Waals surface area contributed by atoms with Crippen molar-refractivity contribution in [2.45, 2.75) is 0 Å². The highest BCUT2D eigenvalue weighted by atomic mass is 19.1. The molecule has 1 unspecified atom stereocenters. The topological polar surface area (TPSA) is 64.8 Å². The molecule has 1 atom stereocenters. The van der Waals surface area contributed by atoms with Gasteiger partial charge in [0.05, 0.1) is 7.05 Å². The Hall–Kier alpha value is -1.46. The highest BCUT2D eigenvalue weighted by Crippen LogP contribution is 2.13. The molecule has 70 valence electrons. The van der Waals surface area contributed by atoms with Crippen LogP contribution in [0.2, 0.25) is 0 Å². The molecular formula is C8H8FNO3. The van der Waals surface area contributed by atoms with Crippen molar-refractivity contribution in [3.05, 3.63) is 34.8 Å². The average Bonchev–Trinajstić information content (AvgIpc) is 2.03. The van der Waals surface area contributed by atoms with E-state index in [4.69, 9.17) is 5.11 Å². The van der Waals surface area contributed by atoms with E-state index in [1.807, 2.05) is 0 Å². The second kappa shape index (κ2) is 3.51. The van der Waals surface area contributed by atoms with Crippen LogP contribution in [0, 0.1) is 11.0 Å². The number of rotatable bonds is 2. The molecule has 0 radical (unpaired) electrons. The number of hydrogen-bond donors (Lipinski definition) is 2. The molecule has 0 aliphatic rings. The van der Waals surface area contributed by atoms with Crippen LogP contribution in [0.15, 0.2) is 18.2 Å². The number of halogens is 1. The molecule has 0 saturated heterocycles. The van der Waals surface area contributed by atoms with E-state index >= 15 is 0 Å². The van der Waals surface area contributed by atoms with E-state index in [1.165, 1.54) is 19.2 Å². The second-order valence-corrected chi connectivity index (χ2v) is 2.53. The molecule has 0 heterocycles. The summed E-state index contributed by atoms with van der Waals surface area (Å²) in [6.45, 7) is 0. The Balaban J connectivity index is 3.26. The Morgan fingerprint density at radius 3 is 2.69 bits per heavy atom. The summed E-state index contributed by atoms with van der Waals surface area (Å²) in [5.41, 5.74) is -0.674. The first kappa shape index (κ1) is 9.63. The summed E-state index contributed by atoms with van der Waals surface area (Å²) in [7, 11) is 1.18. The molecule has 0 bridgehead atoms. The summed E-state index contributed by atoms with van der Waals surface area (Å²) in [4.78, 5) is 10.4. The van der Waals surface area contributed by atoms with Gasteiger partial charge in [0.1, 0.15) is 5.56 Å². The van der Waals surface area contributed by atoms with Crippen LogP contribution < -0.4 is 5.06 Å². The van der Waals surface area contributed by atoms with Crippen molar-refractivity contribution < 1.29 is 19.4 Å². The molecule has 1 rings (SSSR count). The van der Waals surface area contributed by atoms with Crippen LogP contribution in [0.5, 0.6) is 0 Å². The van der Waals surface area contributed by atoms with Gasteiger partial charge in [-0.15, -0.1) is 0 Å². The third-order valence-corrected chi connectivity index (χ3v) is 1.61. The number of nitrogens with one attached hydrogen (secondary N) is 1. The van der Waals surface area contributed by atoms with E-state index in [0.29, 0.717) is 0 Å². The van der Waals surface area contributed by atoms with E-state index < -0.39 is 22.4 Å². The maximum atomic E-state index is 13.2. The van der Waals surface area contributed by atoms with Gasteiger partial charge in [-0.2, -0.15) is 4.39 Å². The molecule has 0 aliphatic carbocycles. The van der Waals surface area contributed by atoms with Gasteiger partial charge in [0, 0.05) is 6.07 Å². The van der Waals surface area contributed by atoms with Gasteiger partial charge in [-0.1, -0.05) is 6.07 Å². The molecule has 1 aromatic carbocycles. The third-order valence-electron chi connectivity index (χ3n) is 1.61. The molecule has 0 amide bonds. The van der Waals surface area contributed by atoms with Gasteiger partial charge in [0.25, 0.3) is 0 Å². The molecule has 0 aromatic heterocycles. The minimum absolute atomic E-state index is 0.195. The van der Waals surface area contributed by atoms with Crippen LogP contribution in [0.4, 0.5) is 10.1 Å². The van der Waals surface area contributed by atoms with Crippen molar-refractivity contribution in [1.82, 2.24) is 0 Å². The first-order chi connectivity index (χ1) is 6.04. The van der Waals surface area contributed by atoms with E-state index in [2.05, 4.69) is 0 Å². The molecule has 13 heavy (non-hydrogen) atoms. The Kier molecular flexibility index (Phi) is 2.60. The van der Waals surface area contributed by atoms with Gasteiger partial charge in [0.15, 0.2) is 11.5 Å². The van der Waals surface area contributed by atoms with Crippen molar-refractivity contribution in [3.8, 4) is 0 Å². The lowest BCUT2D eigenvalue weighted by molar-refractivity contribution is -0.752. The average molecular weight is 185 g/mol. The van der Waals surface area contributed by atoms with Crippen molar-refractivity contribution in [2.75, 3.05) is 7.05 Å². The highest BCUT2D eigenvalue weighted by molar-refractivity contribution is 5.88. The Morgan fingerprint density at radius 2 is 2.23 bits per heavy atom. The molecule has 1 aromatic rings. The van der Waals surface area contributed by atoms with Crippen LogP contribution in [-0.2, 0) is 0 Å². The monoisotopic (exact) mass is 185 g/mol. The minimum atomic E-state index is -1.37. The van der Waals surface area contributed by atoms with Crippen molar-refractivity contribution >= 4 is 11.7 Å². The molecule has 5 heteroatoms. The zero-order valence-corrected chi connectivity index (χ0v) is 6.87. The van der Waals surface area contributed by atoms with Crippen LogP contribution in [0.25, 0.3) is 0 Å². The number of quaternary nitrogens is 1. The first-order valence-corrected chi connectivity index (χ1v) is 3.56. The fourth-order valence-electron chi connectivity index (χ4n) is 0.969. The van der Waals surface area contributed by atoms with Crippen LogP contribution in [-0.4, -0.2) is 18.1 Å². The zero-order valence-electron chi connectivity index (χ0n) is 6.87. The van der Waals surface area contributed by atoms with E-state index in [0.717, 1.165) is 6.07 Å². The molecule has 0 saturated carbocycles. The number of benzene rings is 1. The lowest BCUT2D eigenvalue weighted by atomic mass is 10.2. The minimum Gasteiger partial charge on any atom is -0.629 e. The SMILES string of the molecule is C[NH+]([O-])c1cccc(C(=O)O)c1F. The molecule has 2 N–H and O–H groups in total. The number of carboxylic acids is 1. The van der Waals surface area contributed by atoms with Crippen molar-refractivity contribution in [2.24, 2.45) is 0 Å². The number of aromatic carboxylic acids is 1. The Morgan fingerprint density at radius 1 is 1.62 bits per heavy atom. The van der Waals surface area contributed by atoms with Gasteiger partial charge >= 0.3 is 5.97 Å². The number of hydrogen-bond acceptors (Lipinski definition) is 2. The van der Waals surface area contributed by atoms with Crippen molar-refractivity contribution in [1.29, 1.82) is 0 Å². The van der Waals surface area contributed by atoms with E-state index in [-0.39, 0.29) is 5.69 Å². The second-order valence-electron chi connectivity index (χ2n) is 2.53. The molecule has 0 aliphatic heterocycles. The standard InChI is InChI=1S/C8H8FNO3/c1-10(13)6-4-2-3-5(7(6)9)8(11)12/h2-4,10H,1H3,(H,11,12). The summed E-state index contributed by atoms with van der Waals surface area (Å²) >= 11 is 0. The summed E-state index contributed by atoms with van der Waals surface area (Å²) in [5, 5.41) is 18.8. The maximum absolute atomic E-state index is 13.2. The van der Waals surface area contributed by atoms with Gasteiger partial charge in [0.2, 0.25) is 0 Å². The lowest BCUT2D eigenvalue weighted by Gasteiger charge is -2.16. The fraction of sp³-hybridized carbons (Fsp3) is 0.125. The first-order valence-electron chi connectivity index (χ1n) is 3.56. The number of carbonyl (C=O) groups is 1. The zero-order chi connectivity index (χ0) is 10.0. The number of carboxylic acid groups (broad SMARTS) is 1. The third kappa shape index (κ3) is 1.82. The molecule has 0 spiro atoms. The largest absolute Gasteiger partial charge is 0.629 e. The van der Waals surface area contributed by atoms with Gasteiger partial charge in [-0.05, 0) is 6.07 Å². The van der Waals surface area contributed by atoms with E-state index in [1.54, 1.807) is 0 Å². The molecule has 0 fully saturated rings. The summed E-state index contributed by atoms with van der Waals surface area (Å²) in [6.07, 6.45) is 0. The Labute approximate surface area is 73.8 Å². The molecule has 4 nitrogen and oxygen atoms in total. The molecular weight excluding hydrogens is 177 g/mol. The smallest absolute Gasteiger partial charge is 0.338 e. The fourth-order valence-corrected chi connectivity index (χ4v) is 0.969. The quantitative estimate of drug-likeness (QED) is 0.645.